The Morgan fingerprint density at radius 2 is 1.11 bits per heavy atom. The van der Waals surface area contributed by atoms with Gasteiger partial charge in [0.15, 0.2) is 6.10 Å². The Bertz CT molecular complexity index is 1160. The molecule has 0 saturated heterocycles. The van der Waals surface area contributed by atoms with Gasteiger partial charge in [-0.05, 0) is 36.5 Å². The summed E-state index contributed by atoms with van der Waals surface area (Å²) >= 11 is 0. The largest absolute Gasteiger partial charge is 0.452 e. The summed E-state index contributed by atoms with van der Waals surface area (Å²) in [7, 11) is 0. The molecule has 1 rings (SSSR count). The number of hydrogen-bond acceptors (Lipinski definition) is 15. The molecule has 2 atom stereocenters. The van der Waals surface area contributed by atoms with Crippen molar-refractivity contribution in [3.05, 3.63) is 29.8 Å². The minimum Gasteiger partial charge on any atom is -0.452 e. The highest BCUT2D eigenvalue weighted by molar-refractivity contribution is 5.98. The van der Waals surface area contributed by atoms with Crippen molar-refractivity contribution in [3.8, 4) is 0 Å². The van der Waals surface area contributed by atoms with Crippen LogP contribution in [-0.2, 0) is 63.6 Å². The molecule has 0 heterocycles. The third kappa shape index (κ3) is 28.0. The Morgan fingerprint density at radius 3 is 1.52 bits per heavy atom. The summed E-state index contributed by atoms with van der Waals surface area (Å²) in [6.45, 7) is 10.6. The lowest BCUT2D eigenvalue weighted by atomic mass is 10.0. The van der Waals surface area contributed by atoms with Gasteiger partial charge in [0, 0.05) is 18.8 Å². The third-order valence-electron chi connectivity index (χ3n) is 7.44. The molecule has 1 aromatic rings. The average Bonchev–Trinajstić information content (AvgIpc) is 3.18. The number of nitrogens with two attached hydrogens (primary N) is 2. The molecule has 0 fully saturated rings. The number of rotatable bonds is 37. The van der Waals surface area contributed by atoms with E-state index in [2.05, 4.69) is 16.0 Å². The van der Waals surface area contributed by atoms with Gasteiger partial charge >= 0.3 is 12.0 Å². The first-order chi connectivity index (χ1) is 27.2. The van der Waals surface area contributed by atoms with E-state index in [0.717, 1.165) is 0 Å². The molecule has 0 aliphatic carbocycles. The highest BCUT2D eigenvalue weighted by Crippen LogP contribution is 2.13. The topological polar surface area (TPSA) is 260 Å². The molecular formula is C37H65N5O14. The molecule has 56 heavy (non-hydrogen) atoms. The molecule has 0 saturated carbocycles. The number of esters is 1. The zero-order valence-corrected chi connectivity index (χ0v) is 33.0. The van der Waals surface area contributed by atoms with Crippen LogP contribution in [0.25, 0.3) is 0 Å². The Kier molecular flexibility index (Phi) is 31.3. The van der Waals surface area contributed by atoms with Crippen LogP contribution in [0.5, 0.6) is 0 Å². The van der Waals surface area contributed by atoms with Crippen LogP contribution in [0.2, 0.25) is 0 Å². The first-order valence-corrected chi connectivity index (χ1v) is 19.0. The van der Waals surface area contributed by atoms with Crippen molar-refractivity contribution >= 4 is 29.5 Å². The average molecular weight is 804 g/mol. The summed E-state index contributed by atoms with van der Waals surface area (Å²) in [5, 5.41) is 17.1. The summed E-state index contributed by atoms with van der Waals surface area (Å²) in [5.74, 6) is -2.17. The van der Waals surface area contributed by atoms with Gasteiger partial charge in [-0.3, -0.25) is 14.4 Å². The van der Waals surface area contributed by atoms with Crippen LogP contribution in [0.15, 0.2) is 24.3 Å². The van der Waals surface area contributed by atoms with E-state index in [1.807, 2.05) is 0 Å². The second-order valence-corrected chi connectivity index (χ2v) is 12.4. The minimum atomic E-state index is -1.16. The number of carbonyl (C=O) groups is 4. The Balaban J connectivity index is 2.16. The van der Waals surface area contributed by atoms with Crippen molar-refractivity contribution < 1.29 is 66.9 Å². The van der Waals surface area contributed by atoms with Crippen LogP contribution in [0.3, 0.4) is 0 Å². The normalized spacial score (nSPS) is 12.3. The summed E-state index contributed by atoms with van der Waals surface area (Å²) in [4.78, 5) is 50.0. The Labute approximate surface area is 330 Å². The molecule has 0 aliphatic heterocycles. The molecule has 322 valence electrons. The van der Waals surface area contributed by atoms with Gasteiger partial charge in [0.2, 0.25) is 5.91 Å². The number of hydrogen-bond donors (Lipinski definition) is 6. The fraction of sp³-hybridized carbons (Fsp3) is 0.730. The number of urea groups is 1. The number of anilines is 1. The van der Waals surface area contributed by atoms with Crippen molar-refractivity contribution in [2.45, 2.75) is 51.9 Å². The molecule has 19 heteroatoms. The highest BCUT2D eigenvalue weighted by Gasteiger charge is 2.30. The van der Waals surface area contributed by atoms with E-state index >= 15 is 0 Å². The van der Waals surface area contributed by atoms with E-state index in [1.54, 1.807) is 38.1 Å². The standard InChI is InChI=1S/C37H65N5O14/c1-29(2)34(36(46)42-32(4-3-11-40-37(39)47)35(45)41-31-7-5-30(28-43)6-8-31)56-33(44)9-12-48-14-16-50-18-20-52-22-24-54-26-27-55-25-23-53-21-19-51-17-15-49-13-10-38/h5-8,29,32,34,43H,3-4,9-28,38H2,1-2H3,(H,41,45)(H,42,46)(H3,39,40,47)/t32-,34-/m0/s1. The van der Waals surface area contributed by atoms with Gasteiger partial charge in [0.25, 0.3) is 5.91 Å². The molecule has 0 bridgehead atoms. The van der Waals surface area contributed by atoms with Gasteiger partial charge in [0.1, 0.15) is 6.04 Å². The monoisotopic (exact) mass is 803 g/mol. The lowest BCUT2D eigenvalue weighted by Gasteiger charge is -2.24. The van der Waals surface area contributed by atoms with Crippen LogP contribution < -0.4 is 27.4 Å². The van der Waals surface area contributed by atoms with Crippen molar-refractivity contribution in [1.29, 1.82) is 0 Å². The number of nitrogens with one attached hydrogen (secondary N) is 3. The van der Waals surface area contributed by atoms with Gasteiger partial charge in [0.05, 0.1) is 119 Å². The number of aliphatic hydroxyl groups is 1. The van der Waals surface area contributed by atoms with Crippen LogP contribution in [0, 0.1) is 5.92 Å². The van der Waals surface area contributed by atoms with E-state index in [1.165, 1.54) is 0 Å². The van der Waals surface area contributed by atoms with Gasteiger partial charge in [-0.25, -0.2) is 4.79 Å². The smallest absolute Gasteiger partial charge is 0.312 e. The molecule has 0 unspecified atom stereocenters. The fourth-order valence-corrected chi connectivity index (χ4v) is 4.54. The SMILES string of the molecule is CC(C)[C@H](OC(=O)CCOCCOCCOCCOCCOCCOCCOCCOCCN)C(=O)N[C@@H](CCCNC(N)=O)C(=O)Nc1ccc(CO)cc1. The van der Waals surface area contributed by atoms with Gasteiger partial charge in [-0.2, -0.15) is 0 Å². The predicted molar refractivity (Wildman–Crippen MR) is 205 cm³/mol. The number of aliphatic hydroxyl groups excluding tert-OH is 1. The van der Waals surface area contributed by atoms with Crippen LogP contribution in [0.1, 0.15) is 38.7 Å². The Hall–Kier alpha value is -3.50. The fourth-order valence-electron chi connectivity index (χ4n) is 4.54. The number of benzene rings is 1. The molecule has 1 aromatic carbocycles. The Morgan fingerprint density at radius 1 is 0.661 bits per heavy atom. The molecule has 0 radical (unpaired) electrons. The van der Waals surface area contributed by atoms with Gasteiger partial charge < -0.3 is 75.2 Å². The van der Waals surface area contributed by atoms with Crippen LogP contribution in [-0.4, -0.2) is 160 Å². The lowest BCUT2D eigenvalue weighted by Crippen LogP contribution is -2.50. The first-order valence-electron chi connectivity index (χ1n) is 19.0. The van der Waals surface area contributed by atoms with Crippen molar-refractivity contribution in [2.75, 3.05) is 124 Å². The van der Waals surface area contributed by atoms with Crippen molar-refractivity contribution in [1.82, 2.24) is 10.6 Å². The number of carbonyl (C=O) groups excluding carboxylic acids is 4. The quantitative estimate of drug-likeness (QED) is 0.0385. The third-order valence-corrected chi connectivity index (χ3v) is 7.44. The molecule has 0 aromatic heterocycles. The maximum Gasteiger partial charge on any atom is 0.312 e. The number of primary amides is 1. The molecular weight excluding hydrogens is 738 g/mol. The second-order valence-electron chi connectivity index (χ2n) is 12.4. The van der Waals surface area contributed by atoms with E-state index in [4.69, 9.17) is 54.1 Å². The molecule has 0 spiro atoms. The highest BCUT2D eigenvalue weighted by atomic mass is 16.6. The van der Waals surface area contributed by atoms with Crippen LogP contribution in [0.4, 0.5) is 10.5 Å². The summed E-state index contributed by atoms with van der Waals surface area (Å²) in [6, 6.07) is 4.85. The van der Waals surface area contributed by atoms with E-state index in [0.29, 0.717) is 117 Å². The summed E-state index contributed by atoms with van der Waals surface area (Å²) in [6.07, 6.45) is -0.747. The molecule has 19 nitrogen and oxygen atoms in total. The predicted octanol–water partition coefficient (Wildman–Crippen LogP) is 0.100. The molecule has 8 N–H and O–H groups in total. The van der Waals surface area contributed by atoms with Crippen molar-refractivity contribution in [2.24, 2.45) is 17.4 Å². The maximum absolute atomic E-state index is 13.2. The van der Waals surface area contributed by atoms with E-state index in [-0.39, 0.29) is 39.2 Å². The molecule has 0 aliphatic rings. The zero-order valence-electron chi connectivity index (χ0n) is 33.0. The van der Waals surface area contributed by atoms with Crippen molar-refractivity contribution in [3.63, 3.8) is 0 Å². The van der Waals surface area contributed by atoms with Gasteiger partial charge in [-0.15, -0.1) is 0 Å². The second kappa shape index (κ2) is 34.7. The zero-order chi connectivity index (χ0) is 41.1. The van der Waals surface area contributed by atoms with Gasteiger partial charge in [-0.1, -0.05) is 26.0 Å². The number of amides is 4. The first kappa shape index (κ1) is 50.5. The van der Waals surface area contributed by atoms with E-state index < -0.39 is 41.9 Å². The maximum atomic E-state index is 13.2. The molecule has 4 amide bonds. The van der Waals surface area contributed by atoms with E-state index in [9.17, 15) is 24.3 Å². The summed E-state index contributed by atoms with van der Waals surface area (Å²) in [5.41, 5.74) is 11.6. The van der Waals surface area contributed by atoms with Crippen LogP contribution >= 0.6 is 0 Å². The minimum absolute atomic E-state index is 0.0631. The summed E-state index contributed by atoms with van der Waals surface area (Å²) < 4.78 is 48.8. The lowest BCUT2D eigenvalue weighted by molar-refractivity contribution is -0.160. The number of ether oxygens (including phenoxy) is 9.